The number of anilines is 1. The SMILES string of the molecule is CCc1ccc(N2C(=O)C(=O)/C(=C(/O)c3cc(C(C)(C)C)ccc3OC)C2c2cn(C)c3ccccc23)cc1. The molecule has 0 aliphatic carbocycles. The Labute approximate surface area is 229 Å². The number of methoxy groups -OCH3 is 1. The van der Waals surface area contributed by atoms with Crippen molar-refractivity contribution < 1.29 is 19.4 Å². The number of benzene rings is 3. The van der Waals surface area contributed by atoms with Gasteiger partial charge in [-0.2, -0.15) is 0 Å². The zero-order valence-corrected chi connectivity index (χ0v) is 23.3. The third-order valence-electron chi connectivity index (χ3n) is 7.61. The van der Waals surface area contributed by atoms with E-state index in [9.17, 15) is 14.7 Å². The number of aromatic nitrogens is 1. The average molecular weight is 523 g/mol. The first-order valence-electron chi connectivity index (χ1n) is 13.2. The molecule has 4 aromatic rings. The Morgan fingerprint density at radius 2 is 1.69 bits per heavy atom. The number of carbonyl (C=O) groups is 2. The summed E-state index contributed by atoms with van der Waals surface area (Å²) < 4.78 is 7.58. The quantitative estimate of drug-likeness (QED) is 0.180. The van der Waals surface area contributed by atoms with Crippen LogP contribution < -0.4 is 9.64 Å². The van der Waals surface area contributed by atoms with Crippen molar-refractivity contribution in [3.8, 4) is 5.75 Å². The van der Waals surface area contributed by atoms with E-state index < -0.39 is 17.7 Å². The van der Waals surface area contributed by atoms with Crippen molar-refractivity contribution in [1.29, 1.82) is 0 Å². The molecule has 2 heterocycles. The molecular weight excluding hydrogens is 488 g/mol. The number of Topliss-reactive ketones (excluding diaryl/α,β-unsaturated/α-hetero) is 1. The molecule has 0 bridgehead atoms. The molecule has 1 aromatic heterocycles. The smallest absolute Gasteiger partial charge is 0.300 e. The van der Waals surface area contributed by atoms with Crippen LogP contribution in [0.5, 0.6) is 5.75 Å². The van der Waals surface area contributed by atoms with Gasteiger partial charge >= 0.3 is 0 Å². The van der Waals surface area contributed by atoms with Crippen LogP contribution in [-0.4, -0.2) is 28.5 Å². The predicted molar refractivity (Wildman–Crippen MR) is 155 cm³/mol. The highest BCUT2D eigenvalue weighted by Crippen LogP contribution is 2.46. The van der Waals surface area contributed by atoms with Crippen LogP contribution in [0.3, 0.4) is 0 Å². The number of hydrogen-bond donors (Lipinski definition) is 1. The first-order valence-corrected chi connectivity index (χ1v) is 13.2. The number of rotatable bonds is 5. The van der Waals surface area contributed by atoms with Crippen molar-refractivity contribution in [1.82, 2.24) is 4.57 Å². The van der Waals surface area contributed by atoms with Crippen molar-refractivity contribution in [3.05, 3.63) is 101 Å². The third-order valence-corrected chi connectivity index (χ3v) is 7.61. The number of aliphatic hydroxyl groups is 1. The minimum Gasteiger partial charge on any atom is -0.507 e. The lowest BCUT2D eigenvalue weighted by atomic mass is 9.85. The summed E-state index contributed by atoms with van der Waals surface area (Å²) in [5.41, 5.74) is 4.64. The largest absolute Gasteiger partial charge is 0.507 e. The monoisotopic (exact) mass is 522 g/mol. The minimum atomic E-state index is -0.827. The molecule has 1 atom stereocenters. The van der Waals surface area contributed by atoms with Crippen LogP contribution in [-0.2, 0) is 28.5 Å². The van der Waals surface area contributed by atoms with Crippen molar-refractivity contribution in [2.75, 3.05) is 12.0 Å². The maximum absolute atomic E-state index is 13.8. The van der Waals surface area contributed by atoms with Crippen molar-refractivity contribution in [2.45, 2.75) is 45.6 Å². The average Bonchev–Trinajstić information content (AvgIpc) is 3.40. The van der Waals surface area contributed by atoms with Crippen LogP contribution >= 0.6 is 0 Å². The van der Waals surface area contributed by atoms with E-state index in [2.05, 4.69) is 27.7 Å². The van der Waals surface area contributed by atoms with Gasteiger partial charge in [-0.05, 0) is 53.3 Å². The Morgan fingerprint density at radius 3 is 2.33 bits per heavy atom. The van der Waals surface area contributed by atoms with Crippen LogP contribution in [0.25, 0.3) is 16.7 Å². The van der Waals surface area contributed by atoms with E-state index in [4.69, 9.17) is 4.74 Å². The molecule has 1 N–H and O–H groups in total. The highest BCUT2D eigenvalue weighted by Gasteiger charge is 2.48. The number of hydrogen-bond acceptors (Lipinski definition) is 4. The molecule has 1 aliphatic heterocycles. The van der Waals surface area contributed by atoms with E-state index in [0.717, 1.165) is 34.0 Å². The summed E-state index contributed by atoms with van der Waals surface area (Å²) in [6.07, 6.45) is 2.79. The van der Waals surface area contributed by atoms with Crippen molar-refractivity contribution in [3.63, 3.8) is 0 Å². The standard InChI is InChI=1S/C33H34N2O4/c1-7-20-12-15-22(16-13-20)35-29(25-19-34(5)26-11-9-8-10-23(25)26)28(31(37)32(35)38)30(36)24-18-21(33(2,3)4)14-17-27(24)39-6/h8-19,29,36H,7H2,1-6H3/b30-28+. The Kier molecular flexibility index (Phi) is 6.59. The normalized spacial score (nSPS) is 17.3. The zero-order chi connectivity index (χ0) is 28.1. The second-order valence-corrected chi connectivity index (χ2v) is 11.1. The van der Waals surface area contributed by atoms with E-state index >= 15 is 0 Å². The van der Waals surface area contributed by atoms with Crippen LogP contribution in [0.2, 0.25) is 0 Å². The van der Waals surface area contributed by atoms with Gasteiger partial charge in [0, 0.05) is 35.4 Å². The topological polar surface area (TPSA) is 71.8 Å². The lowest BCUT2D eigenvalue weighted by Gasteiger charge is -2.26. The predicted octanol–water partition coefficient (Wildman–Crippen LogP) is 6.67. The summed E-state index contributed by atoms with van der Waals surface area (Å²) in [7, 11) is 3.46. The number of aryl methyl sites for hydroxylation is 2. The zero-order valence-electron chi connectivity index (χ0n) is 23.3. The first kappa shape index (κ1) is 26.3. The molecule has 3 aromatic carbocycles. The van der Waals surface area contributed by atoms with E-state index in [-0.39, 0.29) is 16.7 Å². The van der Waals surface area contributed by atoms with E-state index in [1.54, 1.807) is 6.07 Å². The molecule has 6 heteroatoms. The second-order valence-electron chi connectivity index (χ2n) is 11.1. The summed E-state index contributed by atoms with van der Waals surface area (Å²) in [5, 5.41) is 12.8. The van der Waals surface area contributed by atoms with E-state index in [1.165, 1.54) is 12.0 Å². The lowest BCUT2D eigenvalue weighted by molar-refractivity contribution is -0.132. The van der Waals surface area contributed by atoms with Crippen LogP contribution in [0.1, 0.15) is 56.0 Å². The Hall–Kier alpha value is -4.32. The molecule has 1 aliphatic rings. The third kappa shape index (κ3) is 4.40. The molecule has 200 valence electrons. The number of para-hydroxylation sites is 1. The van der Waals surface area contributed by atoms with Gasteiger partial charge < -0.3 is 14.4 Å². The van der Waals surface area contributed by atoms with Crippen LogP contribution in [0, 0.1) is 0 Å². The number of ketones is 1. The molecule has 1 saturated heterocycles. The molecule has 1 amide bonds. The summed E-state index contributed by atoms with van der Waals surface area (Å²) in [6, 6.07) is 20.3. The summed E-state index contributed by atoms with van der Waals surface area (Å²) in [5.74, 6) is -1.23. The minimum absolute atomic E-state index is 0.0419. The summed E-state index contributed by atoms with van der Waals surface area (Å²) >= 11 is 0. The first-order chi connectivity index (χ1) is 18.6. The summed E-state index contributed by atoms with van der Waals surface area (Å²) in [6.45, 7) is 8.30. The number of nitrogens with zero attached hydrogens (tertiary/aromatic N) is 2. The Morgan fingerprint density at radius 1 is 1.00 bits per heavy atom. The van der Waals surface area contributed by atoms with E-state index in [1.807, 2.05) is 78.5 Å². The molecule has 0 spiro atoms. The molecular formula is C33H34N2O4. The highest BCUT2D eigenvalue weighted by molar-refractivity contribution is 6.52. The molecule has 1 fully saturated rings. The summed E-state index contributed by atoms with van der Waals surface area (Å²) in [4.78, 5) is 29.0. The van der Waals surface area contributed by atoms with Crippen LogP contribution in [0.4, 0.5) is 5.69 Å². The molecule has 0 radical (unpaired) electrons. The fourth-order valence-corrected chi connectivity index (χ4v) is 5.38. The highest BCUT2D eigenvalue weighted by atomic mass is 16.5. The number of amides is 1. The number of carbonyl (C=O) groups excluding carboxylic acids is 2. The van der Waals surface area contributed by atoms with Gasteiger partial charge in [-0.15, -0.1) is 0 Å². The van der Waals surface area contributed by atoms with Gasteiger partial charge in [0.05, 0.1) is 24.3 Å². The molecule has 0 saturated carbocycles. The van der Waals surface area contributed by atoms with Gasteiger partial charge in [0.2, 0.25) is 0 Å². The molecule has 5 rings (SSSR count). The van der Waals surface area contributed by atoms with E-state index in [0.29, 0.717) is 17.0 Å². The maximum Gasteiger partial charge on any atom is 0.300 e. The van der Waals surface area contributed by atoms with Gasteiger partial charge in [-0.3, -0.25) is 14.5 Å². The second kappa shape index (κ2) is 9.77. The van der Waals surface area contributed by atoms with Crippen molar-refractivity contribution >= 4 is 34.0 Å². The van der Waals surface area contributed by atoms with Gasteiger partial charge in [0.25, 0.3) is 11.7 Å². The Bertz CT molecular complexity index is 1620. The van der Waals surface area contributed by atoms with Crippen molar-refractivity contribution in [2.24, 2.45) is 7.05 Å². The Balaban J connectivity index is 1.81. The fourth-order valence-electron chi connectivity index (χ4n) is 5.38. The molecule has 39 heavy (non-hydrogen) atoms. The maximum atomic E-state index is 13.8. The number of fused-ring (bicyclic) bond motifs is 1. The van der Waals surface area contributed by atoms with Crippen LogP contribution in [0.15, 0.2) is 78.5 Å². The van der Waals surface area contributed by atoms with Gasteiger partial charge in [0.15, 0.2) is 0 Å². The number of aliphatic hydroxyl groups excluding tert-OH is 1. The van der Waals surface area contributed by atoms with Gasteiger partial charge in [-0.25, -0.2) is 0 Å². The lowest BCUT2D eigenvalue weighted by Crippen LogP contribution is -2.29. The van der Waals surface area contributed by atoms with Gasteiger partial charge in [0.1, 0.15) is 11.5 Å². The molecule has 6 nitrogen and oxygen atoms in total. The fraction of sp³-hybridized carbons (Fsp3) is 0.273. The van der Waals surface area contributed by atoms with Gasteiger partial charge in [-0.1, -0.05) is 64.1 Å². The molecule has 1 unspecified atom stereocenters. The number of ether oxygens (including phenoxy) is 1.